The van der Waals surface area contributed by atoms with Crippen LogP contribution < -0.4 is 15.6 Å². The Morgan fingerprint density at radius 1 is 1.14 bits per heavy atom. The van der Waals surface area contributed by atoms with Crippen LogP contribution in [0, 0.1) is 0 Å². The zero-order chi connectivity index (χ0) is 14.5. The van der Waals surface area contributed by atoms with Gasteiger partial charge < -0.3 is 10.6 Å². The number of aromatic amines is 2. The zero-order valence-electron chi connectivity index (χ0n) is 11.4. The van der Waals surface area contributed by atoms with E-state index in [9.17, 15) is 0 Å². The first kappa shape index (κ1) is 13.8. The molecule has 6 nitrogen and oxygen atoms in total. The average molecular weight is 304 g/mol. The van der Waals surface area contributed by atoms with Gasteiger partial charge in [-0.3, -0.25) is 4.98 Å². The Bertz CT molecular complexity index is 712. The van der Waals surface area contributed by atoms with E-state index in [0.717, 1.165) is 25.2 Å². The van der Waals surface area contributed by atoms with Gasteiger partial charge in [-0.15, -0.1) is 0 Å². The summed E-state index contributed by atoms with van der Waals surface area (Å²) in [6.07, 6.45) is 1.70. The van der Waals surface area contributed by atoms with Crippen molar-refractivity contribution in [2.75, 3.05) is 18.4 Å². The number of fused-ring (bicyclic) bond motifs is 1. The van der Waals surface area contributed by atoms with Gasteiger partial charge in [0, 0.05) is 19.6 Å². The molecule has 108 valence electrons. The van der Waals surface area contributed by atoms with Crippen molar-refractivity contribution in [2.45, 2.75) is 6.54 Å². The molecule has 3 aromatic rings. The molecule has 0 fully saturated rings. The molecule has 0 radical (unpaired) electrons. The molecule has 3 rings (SSSR count). The highest BCUT2D eigenvalue weighted by Gasteiger charge is 2.13. The number of benzene rings is 1. The van der Waals surface area contributed by atoms with Crippen LogP contribution in [0.2, 0.25) is 5.28 Å². The predicted molar refractivity (Wildman–Crippen MR) is 82.1 cm³/mol. The maximum Gasteiger partial charge on any atom is 0.306 e. The minimum absolute atomic E-state index is 0.220. The smallest absolute Gasteiger partial charge is 0.306 e. The monoisotopic (exact) mass is 303 g/mol. The minimum atomic E-state index is 0.220. The van der Waals surface area contributed by atoms with Gasteiger partial charge in [0.25, 0.3) is 0 Å². The minimum Gasteiger partial charge on any atom is -0.366 e. The van der Waals surface area contributed by atoms with E-state index in [1.165, 1.54) is 5.56 Å². The fraction of sp³-hybridized carbons (Fsp3) is 0.214. The van der Waals surface area contributed by atoms with Gasteiger partial charge in [-0.1, -0.05) is 35.3 Å². The maximum absolute atomic E-state index is 5.89. The lowest BCUT2D eigenvalue weighted by Gasteiger charge is -2.06. The Hall–Kier alpha value is -2.18. The predicted octanol–water partition coefficient (Wildman–Crippen LogP) is 1.63. The van der Waals surface area contributed by atoms with E-state index in [0.29, 0.717) is 11.5 Å². The first-order valence-electron chi connectivity index (χ1n) is 6.74. The molecule has 0 spiro atoms. The van der Waals surface area contributed by atoms with Gasteiger partial charge in [0.15, 0.2) is 12.1 Å². The molecule has 1 aromatic carbocycles. The highest BCUT2D eigenvalue weighted by atomic mass is 35.5. The number of nitrogens with zero attached hydrogens (tertiary/aromatic N) is 2. The number of hydrogen-bond donors (Lipinski definition) is 3. The molecule has 0 bridgehead atoms. The number of rotatable bonds is 6. The van der Waals surface area contributed by atoms with Crippen LogP contribution in [0.25, 0.3) is 11.2 Å². The maximum atomic E-state index is 5.89. The van der Waals surface area contributed by atoms with Gasteiger partial charge in [0.05, 0.1) is 0 Å². The quantitative estimate of drug-likeness (QED) is 0.477. The lowest BCUT2D eigenvalue weighted by Crippen LogP contribution is -2.22. The van der Waals surface area contributed by atoms with Crippen molar-refractivity contribution >= 4 is 28.6 Å². The van der Waals surface area contributed by atoms with Crippen LogP contribution >= 0.6 is 11.6 Å². The summed E-state index contributed by atoms with van der Waals surface area (Å²) in [6, 6.07) is 10.3. The topological polar surface area (TPSA) is 79.8 Å². The second kappa shape index (κ2) is 6.51. The summed E-state index contributed by atoms with van der Waals surface area (Å²) in [4.78, 5) is 14.3. The third kappa shape index (κ3) is 3.48. The summed E-state index contributed by atoms with van der Waals surface area (Å²) >= 11 is 5.89. The average Bonchev–Trinajstić information content (AvgIpc) is 2.96. The third-order valence-electron chi connectivity index (χ3n) is 3.07. The van der Waals surface area contributed by atoms with Gasteiger partial charge in [-0.2, -0.15) is 4.98 Å². The van der Waals surface area contributed by atoms with Crippen molar-refractivity contribution in [3.63, 3.8) is 0 Å². The van der Waals surface area contributed by atoms with E-state index >= 15 is 0 Å². The fourth-order valence-corrected chi connectivity index (χ4v) is 2.25. The number of halogens is 1. The molecule has 2 aromatic heterocycles. The number of aromatic nitrogens is 4. The Labute approximate surface area is 127 Å². The van der Waals surface area contributed by atoms with Crippen LogP contribution in [0.3, 0.4) is 0 Å². The summed E-state index contributed by atoms with van der Waals surface area (Å²) in [5.74, 6) is 0.702. The van der Waals surface area contributed by atoms with E-state index in [4.69, 9.17) is 11.6 Å². The Morgan fingerprint density at radius 2 is 2.00 bits per heavy atom. The molecular weight excluding hydrogens is 288 g/mol. The number of anilines is 1. The van der Waals surface area contributed by atoms with Gasteiger partial charge in [-0.25, -0.2) is 4.98 Å². The van der Waals surface area contributed by atoms with Crippen LogP contribution in [0.5, 0.6) is 0 Å². The van der Waals surface area contributed by atoms with Crippen molar-refractivity contribution in [3.05, 3.63) is 47.5 Å². The molecule has 0 saturated carbocycles. The van der Waals surface area contributed by atoms with Crippen LogP contribution in [-0.4, -0.2) is 28.0 Å². The summed E-state index contributed by atoms with van der Waals surface area (Å²) in [5.41, 5.74) is 2.78. The zero-order valence-corrected chi connectivity index (χ0v) is 12.1. The van der Waals surface area contributed by atoms with Crippen LogP contribution in [-0.2, 0) is 6.54 Å². The molecule has 21 heavy (non-hydrogen) atoms. The molecule has 0 atom stereocenters. The lowest BCUT2D eigenvalue weighted by molar-refractivity contribution is -0.347. The van der Waals surface area contributed by atoms with E-state index in [-0.39, 0.29) is 5.28 Å². The van der Waals surface area contributed by atoms with Crippen molar-refractivity contribution in [2.24, 2.45) is 0 Å². The van der Waals surface area contributed by atoms with Crippen LogP contribution in [0.4, 0.5) is 5.82 Å². The third-order valence-corrected chi connectivity index (χ3v) is 3.24. The van der Waals surface area contributed by atoms with Gasteiger partial charge >= 0.3 is 10.9 Å². The second-order valence-corrected chi connectivity index (χ2v) is 4.93. The van der Waals surface area contributed by atoms with Crippen molar-refractivity contribution in [1.29, 1.82) is 0 Å². The highest BCUT2D eigenvalue weighted by Crippen LogP contribution is 2.16. The Kier molecular flexibility index (Phi) is 4.28. The summed E-state index contributed by atoms with van der Waals surface area (Å²) < 4.78 is 0. The van der Waals surface area contributed by atoms with Crippen LogP contribution in [0.15, 0.2) is 36.7 Å². The lowest BCUT2D eigenvalue weighted by atomic mass is 10.2. The van der Waals surface area contributed by atoms with Gasteiger partial charge in [-0.05, 0) is 17.2 Å². The van der Waals surface area contributed by atoms with E-state index in [2.05, 4.69) is 42.7 Å². The molecular formula is C14H16ClN6+. The molecule has 0 aliphatic carbocycles. The first-order valence-corrected chi connectivity index (χ1v) is 7.11. The molecule has 0 saturated heterocycles. The molecule has 0 unspecified atom stereocenters. The number of H-pyrrole nitrogens is 2. The Balaban J connectivity index is 1.52. The Morgan fingerprint density at radius 3 is 2.86 bits per heavy atom. The highest BCUT2D eigenvalue weighted by molar-refractivity contribution is 6.28. The number of hydrogen-bond acceptors (Lipinski definition) is 4. The summed E-state index contributed by atoms with van der Waals surface area (Å²) in [7, 11) is 0. The van der Waals surface area contributed by atoms with Crippen LogP contribution in [0.1, 0.15) is 5.56 Å². The van der Waals surface area contributed by atoms with Crippen molar-refractivity contribution in [3.8, 4) is 0 Å². The molecule has 2 heterocycles. The van der Waals surface area contributed by atoms with Gasteiger partial charge in [0.1, 0.15) is 0 Å². The molecule has 4 N–H and O–H groups in total. The summed E-state index contributed by atoms with van der Waals surface area (Å²) in [5, 5.41) is 6.84. The molecule has 7 heteroatoms. The summed E-state index contributed by atoms with van der Waals surface area (Å²) in [6.45, 7) is 2.41. The number of nitrogens with one attached hydrogen (secondary N) is 4. The first-order chi connectivity index (χ1) is 10.3. The van der Waals surface area contributed by atoms with Crippen molar-refractivity contribution in [1.82, 2.24) is 20.3 Å². The molecule has 0 aliphatic rings. The van der Waals surface area contributed by atoms with E-state index in [1.807, 2.05) is 18.2 Å². The molecule has 0 amide bonds. The van der Waals surface area contributed by atoms with E-state index in [1.54, 1.807) is 6.33 Å². The molecule has 0 aliphatic heterocycles. The van der Waals surface area contributed by atoms with Gasteiger partial charge in [0.2, 0.25) is 5.52 Å². The SMILES string of the molecule is Clc1nc(NCCNCc2ccccc2)c2[nH]c[nH+]c2n1. The van der Waals surface area contributed by atoms with E-state index < -0.39 is 0 Å². The standard InChI is InChI=1S/C14H15ClN6/c15-14-20-12(11-13(21-14)19-9-18-11)17-7-6-16-8-10-4-2-1-3-5-10/h1-5,9,16H,6-8H2,(H2,17,18,19,20,21)/p+1. The normalized spacial score (nSPS) is 10.9. The fourth-order valence-electron chi connectivity index (χ4n) is 2.08. The largest absolute Gasteiger partial charge is 0.366 e. The number of imidazole rings is 1. The van der Waals surface area contributed by atoms with Crippen molar-refractivity contribution < 1.29 is 4.98 Å². The second-order valence-electron chi connectivity index (χ2n) is 4.59.